The standard InChI is InChI=1S/C20H19N4O2S/c21-9-10-22-17-12-18(23-16-7-3-2-6-14(16)17)15-11-13-5-1-4-8-19(13)27-24(26)20(15)25/h1,3-8,11-12,20,25-26H,9-10,21H2,(H,22,23). The van der Waals surface area contributed by atoms with E-state index in [2.05, 4.69) is 11.4 Å². The van der Waals surface area contributed by atoms with Crippen LogP contribution in [0.5, 0.6) is 0 Å². The van der Waals surface area contributed by atoms with Crippen molar-refractivity contribution in [2.24, 2.45) is 5.73 Å². The topological polar surface area (TPSA) is 94.6 Å². The first-order chi connectivity index (χ1) is 13.2. The molecule has 4 rings (SSSR count). The number of benzene rings is 2. The molecular formula is C20H19N4O2S. The lowest BCUT2D eigenvalue weighted by atomic mass is 10.0. The lowest BCUT2D eigenvalue weighted by Crippen LogP contribution is -2.26. The first kappa shape index (κ1) is 18.0. The quantitative estimate of drug-likeness (QED) is 0.518. The molecule has 1 radical (unpaired) electrons. The zero-order valence-corrected chi connectivity index (χ0v) is 15.3. The molecule has 0 saturated carbocycles. The molecule has 2 heterocycles. The van der Waals surface area contributed by atoms with E-state index in [1.54, 1.807) is 6.07 Å². The van der Waals surface area contributed by atoms with Crippen molar-refractivity contribution >= 4 is 40.2 Å². The fraction of sp³-hybridized carbons (Fsp3) is 0.150. The Hall–Kier alpha value is -2.42. The van der Waals surface area contributed by atoms with Crippen molar-refractivity contribution in [2.45, 2.75) is 11.1 Å². The Morgan fingerprint density at radius 1 is 1.30 bits per heavy atom. The van der Waals surface area contributed by atoms with Gasteiger partial charge in [0, 0.05) is 34.6 Å². The van der Waals surface area contributed by atoms with Crippen LogP contribution in [0.25, 0.3) is 22.6 Å². The van der Waals surface area contributed by atoms with E-state index in [-0.39, 0.29) is 0 Å². The second-order valence-electron chi connectivity index (χ2n) is 6.12. The van der Waals surface area contributed by atoms with Gasteiger partial charge in [-0.2, -0.15) is 0 Å². The average molecular weight is 379 g/mol. The first-order valence-corrected chi connectivity index (χ1v) is 9.34. The van der Waals surface area contributed by atoms with E-state index in [0.29, 0.717) is 24.4 Å². The third-order valence-electron chi connectivity index (χ3n) is 4.32. The van der Waals surface area contributed by atoms with E-state index in [9.17, 15) is 10.3 Å². The molecule has 0 spiro atoms. The number of anilines is 1. The zero-order valence-electron chi connectivity index (χ0n) is 14.5. The van der Waals surface area contributed by atoms with Crippen molar-refractivity contribution in [3.8, 4) is 0 Å². The number of pyridine rings is 1. The number of aromatic nitrogens is 1. The minimum Gasteiger partial charge on any atom is -0.383 e. The summed E-state index contributed by atoms with van der Waals surface area (Å²) in [5, 5.41) is 25.2. The van der Waals surface area contributed by atoms with Crippen molar-refractivity contribution < 1.29 is 10.3 Å². The molecule has 6 nitrogen and oxygen atoms in total. The number of hydrogen-bond acceptors (Lipinski definition) is 7. The van der Waals surface area contributed by atoms with Gasteiger partial charge in [-0.05, 0) is 53.9 Å². The fourth-order valence-electron chi connectivity index (χ4n) is 3.01. The van der Waals surface area contributed by atoms with Gasteiger partial charge < -0.3 is 21.4 Å². The molecule has 137 valence electrons. The minimum atomic E-state index is -1.22. The van der Waals surface area contributed by atoms with Crippen LogP contribution in [-0.2, 0) is 0 Å². The largest absolute Gasteiger partial charge is 0.383 e. The van der Waals surface area contributed by atoms with Crippen LogP contribution in [0.3, 0.4) is 0 Å². The summed E-state index contributed by atoms with van der Waals surface area (Å²) in [5.74, 6) is 0. The van der Waals surface area contributed by atoms with Crippen molar-refractivity contribution in [3.05, 3.63) is 65.9 Å². The Kier molecular flexibility index (Phi) is 5.11. The molecule has 1 aliphatic heterocycles. The van der Waals surface area contributed by atoms with Gasteiger partial charge in [0.15, 0.2) is 6.23 Å². The van der Waals surface area contributed by atoms with E-state index in [1.165, 1.54) is 0 Å². The van der Waals surface area contributed by atoms with E-state index >= 15 is 0 Å². The van der Waals surface area contributed by atoms with Gasteiger partial charge in [-0.3, -0.25) is 0 Å². The van der Waals surface area contributed by atoms with E-state index in [1.807, 2.05) is 48.5 Å². The van der Waals surface area contributed by atoms with Crippen molar-refractivity contribution in [1.29, 1.82) is 0 Å². The van der Waals surface area contributed by atoms with Gasteiger partial charge in [0.1, 0.15) is 0 Å². The molecule has 2 aromatic carbocycles. The van der Waals surface area contributed by atoms with Gasteiger partial charge in [0.05, 0.1) is 11.2 Å². The first-order valence-electron chi connectivity index (χ1n) is 8.57. The summed E-state index contributed by atoms with van der Waals surface area (Å²) >= 11 is 1.08. The van der Waals surface area contributed by atoms with Gasteiger partial charge >= 0.3 is 0 Å². The Morgan fingerprint density at radius 2 is 2.15 bits per heavy atom. The van der Waals surface area contributed by atoms with E-state index in [4.69, 9.17) is 10.7 Å². The molecule has 3 aromatic rings. The lowest BCUT2D eigenvalue weighted by molar-refractivity contribution is -0.0837. The summed E-state index contributed by atoms with van der Waals surface area (Å²) in [6, 6.07) is 18.1. The molecule has 0 bridgehead atoms. The Balaban J connectivity index is 1.88. The van der Waals surface area contributed by atoms with Crippen LogP contribution in [0.15, 0.2) is 53.4 Å². The number of rotatable bonds is 4. The zero-order chi connectivity index (χ0) is 18.8. The second-order valence-corrected chi connectivity index (χ2v) is 7.12. The smallest absolute Gasteiger partial charge is 0.169 e. The number of aliphatic hydroxyl groups is 1. The predicted molar refractivity (Wildman–Crippen MR) is 108 cm³/mol. The molecule has 0 fully saturated rings. The van der Waals surface area contributed by atoms with Crippen molar-refractivity contribution in [1.82, 2.24) is 9.45 Å². The summed E-state index contributed by atoms with van der Waals surface area (Å²) in [5.41, 5.74) is 9.27. The van der Waals surface area contributed by atoms with Crippen LogP contribution in [-0.4, -0.2) is 39.1 Å². The third-order valence-corrected chi connectivity index (χ3v) is 5.27. The number of fused-ring (bicyclic) bond motifs is 2. The van der Waals surface area contributed by atoms with Crippen LogP contribution in [0.2, 0.25) is 0 Å². The molecule has 0 amide bonds. The summed E-state index contributed by atoms with van der Waals surface area (Å²) in [6.45, 7) is 1.11. The number of aliphatic hydroxyl groups excluding tert-OH is 1. The summed E-state index contributed by atoms with van der Waals surface area (Å²) in [6.07, 6.45) is 0.643. The van der Waals surface area contributed by atoms with Gasteiger partial charge in [-0.1, -0.05) is 28.7 Å². The van der Waals surface area contributed by atoms with E-state index in [0.717, 1.165) is 43.5 Å². The van der Waals surface area contributed by atoms with Gasteiger partial charge in [0.25, 0.3) is 0 Å². The van der Waals surface area contributed by atoms with Crippen molar-refractivity contribution in [3.63, 3.8) is 0 Å². The highest BCUT2D eigenvalue weighted by molar-refractivity contribution is 7.97. The molecule has 27 heavy (non-hydrogen) atoms. The molecule has 1 unspecified atom stereocenters. The fourth-order valence-corrected chi connectivity index (χ4v) is 3.80. The molecule has 5 N–H and O–H groups in total. The molecular weight excluding hydrogens is 360 g/mol. The number of nitrogens with zero attached hydrogens (tertiary/aromatic N) is 2. The maximum Gasteiger partial charge on any atom is 0.169 e. The maximum absolute atomic E-state index is 10.7. The van der Waals surface area contributed by atoms with Gasteiger partial charge in [-0.15, -0.1) is 0 Å². The maximum atomic E-state index is 10.7. The SMILES string of the molecule is NCCNc1cc(C2=Cc3ccccc3SN(O)C2O)nc2cc[c]cc12. The predicted octanol–water partition coefficient (Wildman–Crippen LogP) is 2.98. The van der Waals surface area contributed by atoms with Crippen LogP contribution >= 0.6 is 11.9 Å². The monoisotopic (exact) mass is 379 g/mol. The average Bonchev–Trinajstić information content (AvgIpc) is 2.82. The number of hydroxylamine groups is 1. The number of nitrogens with one attached hydrogen (secondary N) is 1. The van der Waals surface area contributed by atoms with Crippen molar-refractivity contribution in [2.75, 3.05) is 18.4 Å². The lowest BCUT2D eigenvalue weighted by Gasteiger charge is -2.21. The molecule has 1 atom stereocenters. The van der Waals surface area contributed by atoms with E-state index < -0.39 is 6.23 Å². The van der Waals surface area contributed by atoms with Crippen LogP contribution in [0.4, 0.5) is 5.69 Å². The Bertz CT molecular complexity index is 1010. The molecule has 0 aliphatic carbocycles. The summed E-state index contributed by atoms with van der Waals surface area (Å²) in [7, 11) is 0. The molecule has 1 aliphatic rings. The highest BCUT2D eigenvalue weighted by Crippen LogP contribution is 2.37. The third kappa shape index (κ3) is 3.55. The highest BCUT2D eigenvalue weighted by Gasteiger charge is 2.26. The van der Waals surface area contributed by atoms with Crippen LogP contribution in [0, 0.1) is 6.07 Å². The second kappa shape index (κ2) is 7.67. The number of nitrogens with two attached hydrogens (primary N) is 1. The van der Waals surface area contributed by atoms with Gasteiger partial charge in [0.2, 0.25) is 0 Å². The molecule has 1 aromatic heterocycles. The number of hydrogen-bond donors (Lipinski definition) is 4. The van der Waals surface area contributed by atoms with Crippen LogP contribution < -0.4 is 11.1 Å². The van der Waals surface area contributed by atoms with Crippen LogP contribution in [0.1, 0.15) is 11.3 Å². The minimum absolute atomic E-state index is 0.495. The van der Waals surface area contributed by atoms with Gasteiger partial charge in [-0.25, -0.2) is 4.98 Å². The Labute approximate surface area is 161 Å². The normalized spacial score (nSPS) is 17.3. The molecule has 0 saturated heterocycles. The highest BCUT2D eigenvalue weighted by atomic mass is 32.2. The Morgan fingerprint density at radius 3 is 3.00 bits per heavy atom. The summed E-state index contributed by atoms with van der Waals surface area (Å²) in [4.78, 5) is 5.55. The molecule has 7 heteroatoms. The summed E-state index contributed by atoms with van der Waals surface area (Å²) < 4.78 is 0.843.